The van der Waals surface area contributed by atoms with E-state index in [4.69, 9.17) is 26.1 Å². The maximum absolute atomic E-state index is 15.2. The fraction of sp³-hybridized carbons (Fsp3) is 0.500. The number of anilines is 1. The monoisotopic (exact) mass is 599 g/mol. The lowest BCUT2D eigenvalue weighted by Gasteiger charge is -2.40. The third kappa shape index (κ3) is 4.67. The number of ether oxygens (including phenoxy) is 2. The molecule has 0 bridgehead atoms. The van der Waals surface area contributed by atoms with Crippen LogP contribution in [0.1, 0.15) is 30.6 Å². The molecule has 12 heteroatoms. The van der Waals surface area contributed by atoms with Crippen molar-refractivity contribution in [3.63, 3.8) is 0 Å². The summed E-state index contributed by atoms with van der Waals surface area (Å²) in [5, 5.41) is 10.6. The molecule has 1 aromatic heterocycles. The van der Waals surface area contributed by atoms with Crippen LogP contribution in [0.5, 0.6) is 11.5 Å². The highest BCUT2D eigenvalue weighted by Gasteiger charge is 2.47. The van der Waals surface area contributed by atoms with Gasteiger partial charge in [0.25, 0.3) is 5.91 Å². The van der Waals surface area contributed by atoms with Gasteiger partial charge in [-0.3, -0.25) is 14.5 Å². The number of phenols is 1. The summed E-state index contributed by atoms with van der Waals surface area (Å²) in [5.41, 5.74) is -0.399. The van der Waals surface area contributed by atoms with Gasteiger partial charge in [-0.25, -0.2) is 9.37 Å². The summed E-state index contributed by atoms with van der Waals surface area (Å²) in [6.45, 7) is 10.7. The number of piperazine rings is 1. The van der Waals surface area contributed by atoms with Crippen molar-refractivity contribution in [1.82, 2.24) is 19.7 Å². The van der Waals surface area contributed by atoms with Crippen molar-refractivity contribution in [2.75, 3.05) is 57.9 Å². The van der Waals surface area contributed by atoms with Gasteiger partial charge in [0.05, 0.1) is 30.9 Å². The van der Waals surface area contributed by atoms with E-state index in [0.29, 0.717) is 44.7 Å². The molecule has 4 aliphatic rings. The first kappa shape index (κ1) is 28.7. The van der Waals surface area contributed by atoms with Gasteiger partial charge in [-0.05, 0) is 45.5 Å². The summed E-state index contributed by atoms with van der Waals surface area (Å²) in [6.07, 6.45) is 2.05. The first-order valence-electron chi connectivity index (χ1n) is 14.2. The van der Waals surface area contributed by atoms with E-state index in [-0.39, 0.29) is 64.4 Å². The summed E-state index contributed by atoms with van der Waals surface area (Å²) in [7, 11) is 2.08. The average molecular weight is 600 g/mol. The van der Waals surface area contributed by atoms with Crippen molar-refractivity contribution in [3.05, 3.63) is 47.3 Å². The van der Waals surface area contributed by atoms with E-state index in [1.54, 1.807) is 9.80 Å². The largest absolute Gasteiger partial charge is 0.507 e. The number of rotatable bonds is 5. The van der Waals surface area contributed by atoms with Crippen LogP contribution in [-0.2, 0) is 9.53 Å². The number of nitrogens with zero attached hydrogens (tertiary/aromatic N) is 5. The van der Waals surface area contributed by atoms with Crippen LogP contribution >= 0.6 is 11.6 Å². The Hall–Kier alpha value is -3.41. The molecule has 0 saturated carbocycles. The zero-order valence-corrected chi connectivity index (χ0v) is 24.7. The Morgan fingerprint density at radius 1 is 1.21 bits per heavy atom. The number of amides is 2. The summed E-state index contributed by atoms with van der Waals surface area (Å²) in [6, 6.07) is 4.02. The molecule has 4 aliphatic heterocycles. The number of halogens is 2. The number of carbonyl (C=O) groups excluding carboxylic acids is 2. The van der Waals surface area contributed by atoms with Crippen LogP contribution in [0.3, 0.4) is 0 Å². The summed E-state index contributed by atoms with van der Waals surface area (Å²) in [5.74, 6) is -1.13. The summed E-state index contributed by atoms with van der Waals surface area (Å²) in [4.78, 5) is 39.3. The number of pyridine rings is 1. The first-order valence-corrected chi connectivity index (χ1v) is 14.5. The van der Waals surface area contributed by atoms with Gasteiger partial charge in [0, 0.05) is 37.8 Å². The molecule has 2 atom stereocenters. The Kier molecular flexibility index (Phi) is 7.31. The van der Waals surface area contributed by atoms with Crippen molar-refractivity contribution in [2.45, 2.75) is 43.9 Å². The number of aromatic hydroxyl groups is 1. The number of hydrogen-bond acceptors (Lipinski definition) is 8. The highest BCUT2D eigenvalue weighted by molar-refractivity contribution is 6.35. The van der Waals surface area contributed by atoms with E-state index in [2.05, 4.69) is 37.3 Å². The second-order valence-corrected chi connectivity index (χ2v) is 12.4. The molecule has 1 N–H and O–H groups in total. The summed E-state index contributed by atoms with van der Waals surface area (Å²) < 4.78 is 26.9. The molecule has 1 aromatic carbocycles. The Labute approximate surface area is 249 Å². The molecule has 3 saturated heterocycles. The van der Waals surface area contributed by atoms with Crippen LogP contribution in [-0.4, -0.2) is 113 Å². The van der Waals surface area contributed by atoms with Gasteiger partial charge in [-0.1, -0.05) is 24.2 Å². The van der Waals surface area contributed by atoms with Gasteiger partial charge >= 0.3 is 0 Å². The number of phenolic OH excluding ortho intramolecular Hbond substituents is 1. The quantitative estimate of drug-likeness (QED) is 0.524. The minimum Gasteiger partial charge on any atom is -0.507 e. The molecule has 0 radical (unpaired) electrons. The van der Waals surface area contributed by atoms with E-state index in [9.17, 15) is 14.7 Å². The minimum absolute atomic E-state index is 0.00264. The first-order chi connectivity index (χ1) is 20.0. The smallest absolute Gasteiger partial charge is 0.261 e. The van der Waals surface area contributed by atoms with Gasteiger partial charge in [0.2, 0.25) is 5.91 Å². The van der Waals surface area contributed by atoms with E-state index in [0.717, 1.165) is 6.42 Å². The van der Waals surface area contributed by atoms with E-state index in [1.807, 2.05) is 0 Å². The predicted octanol–water partition coefficient (Wildman–Crippen LogP) is 3.17. The van der Waals surface area contributed by atoms with Crippen LogP contribution in [0.15, 0.2) is 30.9 Å². The molecule has 10 nitrogen and oxygen atoms in total. The Morgan fingerprint density at radius 2 is 1.98 bits per heavy atom. The van der Waals surface area contributed by atoms with Crippen LogP contribution in [0.4, 0.5) is 10.2 Å². The molecule has 42 heavy (non-hydrogen) atoms. The van der Waals surface area contributed by atoms with Crippen molar-refractivity contribution >= 4 is 29.2 Å². The molecule has 0 spiro atoms. The van der Waals surface area contributed by atoms with E-state index in [1.165, 1.54) is 24.3 Å². The molecule has 6 rings (SSSR count). The molecule has 5 heterocycles. The topological polar surface area (TPSA) is 98.7 Å². The van der Waals surface area contributed by atoms with Gasteiger partial charge in [-0.15, -0.1) is 0 Å². The maximum Gasteiger partial charge on any atom is 0.261 e. The number of aromatic nitrogens is 1. The van der Waals surface area contributed by atoms with Gasteiger partial charge in [0.1, 0.15) is 40.3 Å². The predicted molar refractivity (Wildman–Crippen MR) is 156 cm³/mol. The SMILES string of the molecule is C=CC(=O)N1CCN2C(=O)c3c(N4CC(N(C)C5COC5)CC4(C)C)nc(-c4c(O)cccc4F)c(Cl)c3OC[C@H]2C1. The van der Waals surface area contributed by atoms with Gasteiger partial charge in [-0.2, -0.15) is 0 Å². The fourth-order valence-electron chi connectivity index (χ4n) is 6.50. The second kappa shape index (κ2) is 10.7. The highest BCUT2D eigenvalue weighted by Crippen LogP contribution is 2.48. The highest BCUT2D eigenvalue weighted by atomic mass is 35.5. The standard InChI is InChI=1S/C30H35ClFN5O5/c1-5-22(39)35-9-10-36-18(12-35)16-42-27-24(29(36)40)28(33-26(25(27)31)23-20(32)7-6-8-21(23)38)37-13-17(11-30(37,2)3)34(4)19-14-41-15-19/h5-8,17-19,38H,1,9-16H2,2-4H3/t17?,18-/m1/s1. The Balaban J connectivity index is 1.49. The Bertz CT molecular complexity index is 1430. The number of likely N-dealkylation sites (N-methyl/N-ethyl adjacent to an activating group) is 1. The molecular weight excluding hydrogens is 565 g/mol. The van der Waals surface area contributed by atoms with Gasteiger partial charge < -0.3 is 29.3 Å². The van der Waals surface area contributed by atoms with Crippen molar-refractivity contribution in [1.29, 1.82) is 0 Å². The Morgan fingerprint density at radius 3 is 2.64 bits per heavy atom. The van der Waals surface area contributed by atoms with Crippen molar-refractivity contribution < 1.29 is 28.6 Å². The molecule has 224 valence electrons. The van der Waals surface area contributed by atoms with Crippen LogP contribution < -0.4 is 9.64 Å². The lowest BCUT2D eigenvalue weighted by molar-refractivity contribution is -0.128. The fourth-order valence-corrected chi connectivity index (χ4v) is 6.78. The molecule has 2 amide bonds. The molecule has 3 fully saturated rings. The second-order valence-electron chi connectivity index (χ2n) is 12.0. The van der Waals surface area contributed by atoms with Crippen LogP contribution in [0.25, 0.3) is 11.3 Å². The van der Waals surface area contributed by atoms with E-state index >= 15 is 4.39 Å². The molecule has 0 aliphatic carbocycles. The zero-order chi connectivity index (χ0) is 29.9. The normalized spacial score (nSPS) is 23.7. The molecular formula is C30H35ClFN5O5. The van der Waals surface area contributed by atoms with Crippen LogP contribution in [0.2, 0.25) is 5.02 Å². The minimum atomic E-state index is -0.700. The molecule has 1 unspecified atom stereocenters. The van der Waals surface area contributed by atoms with Crippen LogP contribution in [0, 0.1) is 5.82 Å². The van der Waals surface area contributed by atoms with Crippen molar-refractivity contribution in [3.8, 4) is 22.8 Å². The summed E-state index contributed by atoms with van der Waals surface area (Å²) >= 11 is 6.88. The average Bonchev–Trinajstić information content (AvgIpc) is 3.17. The number of fused-ring (bicyclic) bond motifs is 2. The number of hydrogen-bond donors (Lipinski definition) is 1. The lowest BCUT2D eigenvalue weighted by Crippen LogP contribution is -2.57. The zero-order valence-electron chi connectivity index (χ0n) is 24.0. The third-order valence-corrected chi connectivity index (χ3v) is 9.41. The molecule has 2 aromatic rings. The maximum atomic E-state index is 15.2. The van der Waals surface area contributed by atoms with E-state index < -0.39 is 17.4 Å². The number of benzene rings is 1. The van der Waals surface area contributed by atoms with Gasteiger partial charge in [0.15, 0.2) is 5.75 Å². The van der Waals surface area contributed by atoms with Crippen molar-refractivity contribution in [2.24, 2.45) is 0 Å². The third-order valence-electron chi connectivity index (χ3n) is 9.06. The lowest BCUT2D eigenvalue weighted by atomic mass is 9.98. The number of carbonyl (C=O) groups is 2.